The first-order valence-corrected chi connectivity index (χ1v) is 12.5. The minimum absolute atomic E-state index is 0.0334. The molecular weight excluding hydrogens is 516 g/mol. The van der Waals surface area contributed by atoms with Gasteiger partial charge in [0.25, 0.3) is 0 Å². The van der Waals surface area contributed by atoms with Gasteiger partial charge in [-0.1, -0.05) is 27.7 Å². The topological polar surface area (TPSA) is 279 Å². The molecule has 0 heterocycles. The average Bonchev–Trinajstić information content (AvgIpc) is 2.81. The number of nitrogens with two attached hydrogens (primary N) is 2. The highest BCUT2D eigenvalue weighted by Crippen LogP contribution is 2.10. The molecule has 0 spiro atoms. The lowest BCUT2D eigenvalue weighted by atomic mass is 9.99. The molecule has 0 radical (unpaired) electrons. The Morgan fingerprint density at radius 2 is 1.38 bits per heavy atom. The zero-order chi connectivity index (χ0) is 30.3. The molecule has 0 bridgehead atoms. The van der Waals surface area contributed by atoms with Crippen molar-refractivity contribution in [3.05, 3.63) is 0 Å². The number of carbonyl (C=O) groups is 6. The fourth-order valence-corrected chi connectivity index (χ4v) is 3.45. The molecule has 0 unspecified atom stereocenters. The van der Waals surface area contributed by atoms with Gasteiger partial charge in [-0.15, -0.1) is 0 Å². The highest BCUT2D eigenvalue weighted by atomic mass is 16.4. The van der Waals surface area contributed by atoms with Gasteiger partial charge in [-0.3, -0.25) is 29.4 Å². The summed E-state index contributed by atoms with van der Waals surface area (Å²) >= 11 is 0. The molecule has 0 aliphatic rings. The van der Waals surface area contributed by atoms with Crippen LogP contribution in [0.3, 0.4) is 0 Å². The molecule has 4 amide bonds. The second-order valence-corrected chi connectivity index (χ2v) is 9.73. The molecule has 12 N–H and O–H groups in total. The second kappa shape index (κ2) is 17.5. The number of carbonyl (C=O) groups excluding carboxylic acids is 4. The van der Waals surface area contributed by atoms with Gasteiger partial charge in [0, 0.05) is 6.54 Å². The molecule has 16 nitrogen and oxygen atoms in total. The van der Waals surface area contributed by atoms with Gasteiger partial charge in [-0.25, -0.2) is 4.79 Å². The molecule has 0 saturated heterocycles. The summed E-state index contributed by atoms with van der Waals surface area (Å²) in [5, 5.41) is 37.8. The van der Waals surface area contributed by atoms with Crippen molar-refractivity contribution in [2.45, 2.75) is 77.5 Å². The van der Waals surface area contributed by atoms with Gasteiger partial charge in [0.2, 0.25) is 23.6 Å². The Morgan fingerprint density at radius 3 is 1.85 bits per heavy atom. The van der Waals surface area contributed by atoms with E-state index in [1.807, 2.05) is 0 Å². The van der Waals surface area contributed by atoms with Gasteiger partial charge < -0.3 is 48.3 Å². The molecule has 0 rings (SSSR count). The molecule has 0 aliphatic carbocycles. The molecule has 0 aromatic carbocycles. The molecule has 0 saturated carbocycles. The van der Waals surface area contributed by atoms with Crippen molar-refractivity contribution in [2.24, 2.45) is 23.3 Å². The lowest BCUT2D eigenvalue weighted by Crippen LogP contribution is -2.59. The first-order valence-electron chi connectivity index (χ1n) is 12.5. The summed E-state index contributed by atoms with van der Waals surface area (Å²) in [6, 6.07) is -5.10. The smallest absolute Gasteiger partial charge is 0.326 e. The summed E-state index contributed by atoms with van der Waals surface area (Å²) < 4.78 is 0. The number of carboxylic acids is 2. The number of rotatable bonds is 18. The van der Waals surface area contributed by atoms with E-state index in [0.717, 1.165) is 0 Å². The standard InChI is InChI=1S/C23H42N8O8/c1-11(2)8-14(30-19(35)15(9-17(33)34)28-16(32)10-24)20(36)31-18(12(3)4)21(37)29-13(22(38)39)6-5-7-27-23(25)26/h11-15,18H,5-10,24H2,1-4H3,(H,28,32)(H,29,37)(H,30,35)(H,31,36)(H,33,34)(H,38,39)(H4,25,26,27)/t13-,14-,15-,18-/m0/s1. The zero-order valence-corrected chi connectivity index (χ0v) is 22.7. The van der Waals surface area contributed by atoms with Gasteiger partial charge >= 0.3 is 11.9 Å². The monoisotopic (exact) mass is 558 g/mol. The van der Waals surface area contributed by atoms with Crippen molar-refractivity contribution in [3.8, 4) is 0 Å². The first kappa shape index (κ1) is 35.0. The van der Waals surface area contributed by atoms with Crippen molar-refractivity contribution in [2.75, 3.05) is 13.1 Å². The van der Waals surface area contributed by atoms with Gasteiger partial charge in [-0.2, -0.15) is 0 Å². The molecule has 16 heteroatoms. The van der Waals surface area contributed by atoms with Gasteiger partial charge in [-0.05, 0) is 31.1 Å². The third kappa shape index (κ3) is 14.5. The van der Waals surface area contributed by atoms with Gasteiger partial charge in [0.15, 0.2) is 5.96 Å². The fourth-order valence-electron chi connectivity index (χ4n) is 3.45. The van der Waals surface area contributed by atoms with Crippen LogP contribution < -0.4 is 38.1 Å². The van der Waals surface area contributed by atoms with Crippen molar-refractivity contribution in [1.29, 1.82) is 5.41 Å². The van der Waals surface area contributed by atoms with E-state index in [2.05, 4.69) is 26.6 Å². The van der Waals surface area contributed by atoms with E-state index in [1.54, 1.807) is 27.7 Å². The van der Waals surface area contributed by atoms with E-state index in [-0.39, 0.29) is 37.7 Å². The number of carboxylic acid groups (broad SMARTS) is 2. The maximum absolute atomic E-state index is 13.2. The fraction of sp³-hybridized carbons (Fsp3) is 0.696. The van der Waals surface area contributed by atoms with Crippen LogP contribution in [0.25, 0.3) is 0 Å². The predicted octanol–water partition coefficient (Wildman–Crippen LogP) is -2.59. The molecule has 222 valence electrons. The number of nitrogens with one attached hydrogen (secondary N) is 6. The molecule has 0 fully saturated rings. The number of guanidine groups is 1. The minimum atomic E-state index is -1.49. The normalized spacial score (nSPS) is 13.9. The Morgan fingerprint density at radius 1 is 0.821 bits per heavy atom. The number of amides is 4. The van der Waals surface area contributed by atoms with Gasteiger partial charge in [0.05, 0.1) is 13.0 Å². The van der Waals surface area contributed by atoms with Crippen LogP contribution in [0, 0.1) is 17.2 Å². The minimum Gasteiger partial charge on any atom is -0.481 e. The van der Waals surface area contributed by atoms with E-state index in [9.17, 15) is 33.9 Å². The van der Waals surface area contributed by atoms with Crippen molar-refractivity contribution >= 4 is 41.5 Å². The summed E-state index contributed by atoms with van der Waals surface area (Å²) in [6.45, 7) is 6.58. The number of aliphatic carboxylic acids is 2. The molecule has 0 aromatic rings. The summed E-state index contributed by atoms with van der Waals surface area (Å²) in [7, 11) is 0. The largest absolute Gasteiger partial charge is 0.481 e. The van der Waals surface area contributed by atoms with Crippen molar-refractivity contribution in [3.63, 3.8) is 0 Å². The third-order valence-electron chi connectivity index (χ3n) is 5.40. The van der Waals surface area contributed by atoms with Crippen LogP contribution in [-0.4, -0.2) is 89.0 Å². The zero-order valence-electron chi connectivity index (χ0n) is 22.7. The van der Waals surface area contributed by atoms with Crippen molar-refractivity contribution < 1.29 is 39.0 Å². The highest BCUT2D eigenvalue weighted by Gasteiger charge is 2.33. The summed E-state index contributed by atoms with van der Waals surface area (Å²) in [6.07, 6.45) is -0.305. The van der Waals surface area contributed by atoms with Crippen LogP contribution in [0.5, 0.6) is 0 Å². The van der Waals surface area contributed by atoms with E-state index in [4.69, 9.17) is 22.0 Å². The predicted molar refractivity (Wildman–Crippen MR) is 140 cm³/mol. The number of hydrogen-bond acceptors (Lipinski definition) is 8. The highest BCUT2D eigenvalue weighted by molar-refractivity contribution is 5.96. The number of hydrogen-bond donors (Lipinski definition) is 10. The van der Waals surface area contributed by atoms with E-state index < -0.39 is 78.6 Å². The van der Waals surface area contributed by atoms with Crippen LogP contribution in [0.2, 0.25) is 0 Å². The Labute approximate surface area is 226 Å². The van der Waals surface area contributed by atoms with Crippen LogP contribution >= 0.6 is 0 Å². The molecular formula is C23H42N8O8. The Kier molecular flexibility index (Phi) is 15.8. The molecule has 0 aliphatic heterocycles. The van der Waals surface area contributed by atoms with Crippen LogP contribution in [0.4, 0.5) is 0 Å². The average molecular weight is 559 g/mol. The van der Waals surface area contributed by atoms with Crippen LogP contribution in [0.15, 0.2) is 0 Å². The SMILES string of the molecule is CC(C)C[C@H](NC(=O)[C@H](CC(=O)O)NC(=O)CN)C(=O)N[C@H](C(=O)N[C@@H](CCCNC(=N)N)C(=O)O)C(C)C. The van der Waals surface area contributed by atoms with Gasteiger partial charge in [0.1, 0.15) is 24.2 Å². The maximum Gasteiger partial charge on any atom is 0.326 e. The summed E-state index contributed by atoms with van der Waals surface area (Å²) in [5.41, 5.74) is 10.4. The van der Waals surface area contributed by atoms with E-state index in [0.29, 0.717) is 0 Å². The quantitative estimate of drug-likeness (QED) is 0.0473. The van der Waals surface area contributed by atoms with Crippen LogP contribution in [-0.2, 0) is 28.8 Å². The maximum atomic E-state index is 13.2. The van der Waals surface area contributed by atoms with E-state index >= 15 is 0 Å². The first-order chi connectivity index (χ1) is 18.1. The molecule has 4 atom stereocenters. The Balaban J connectivity index is 5.60. The summed E-state index contributed by atoms with van der Waals surface area (Å²) in [4.78, 5) is 73.4. The van der Waals surface area contributed by atoms with Crippen LogP contribution in [0.1, 0.15) is 53.4 Å². The Hall–Kier alpha value is -3.95. The summed E-state index contributed by atoms with van der Waals surface area (Å²) in [5.74, 6) is -6.67. The molecule has 0 aromatic heterocycles. The third-order valence-corrected chi connectivity index (χ3v) is 5.40. The second-order valence-electron chi connectivity index (χ2n) is 9.73. The lowest BCUT2D eigenvalue weighted by molar-refractivity contribution is -0.142. The molecule has 39 heavy (non-hydrogen) atoms. The lowest BCUT2D eigenvalue weighted by Gasteiger charge is -2.28. The Bertz CT molecular complexity index is 895. The van der Waals surface area contributed by atoms with E-state index in [1.165, 1.54) is 0 Å². The van der Waals surface area contributed by atoms with Crippen molar-refractivity contribution in [1.82, 2.24) is 26.6 Å².